The lowest BCUT2D eigenvalue weighted by atomic mass is 10.1. The van der Waals surface area contributed by atoms with Crippen molar-refractivity contribution in [3.8, 4) is 11.4 Å². The molecule has 0 saturated carbocycles. The van der Waals surface area contributed by atoms with E-state index in [1.54, 1.807) is 6.07 Å². The van der Waals surface area contributed by atoms with E-state index in [0.29, 0.717) is 11.9 Å². The molecular weight excluding hydrogens is 405 g/mol. The maximum atomic E-state index is 13.4. The highest BCUT2D eigenvalue weighted by Gasteiger charge is 2.20. The van der Waals surface area contributed by atoms with E-state index < -0.39 is 5.95 Å². The molecule has 2 fully saturated rings. The van der Waals surface area contributed by atoms with Crippen LogP contribution >= 0.6 is 0 Å². The molecule has 2 aliphatic heterocycles. The molecule has 0 spiro atoms. The molecule has 0 radical (unpaired) electrons. The van der Waals surface area contributed by atoms with Crippen LogP contribution in [0.5, 0.6) is 0 Å². The van der Waals surface area contributed by atoms with Crippen LogP contribution in [-0.4, -0.2) is 75.1 Å². The van der Waals surface area contributed by atoms with Crippen molar-refractivity contribution in [1.82, 2.24) is 29.3 Å². The summed E-state index contributed by atoms with van der Waals surface area (Å²) in [6.07, 6.45) is 9.55. The van der Waals surface area contributed by atoms with Gasteiger partial charge in [0.2, 0.25) is 5.95 Å². The quantitative estimate of drug-likeness (QED) is 0.570. The van der Waals surface area contributed by atoms with Crippen molar-refractivity contribution in [2.45, 2.75) is 44.7 Å². The number of aromatic nitrogens is 4. The molecule has 0 bridgehead atoms. The van der Waals surface area contributed by atoms with Gasteiger partial charge in [-0.05, 0) is 90.1 Å². The molecule has 32 heavy (non-hydrogen) atoms. The summed E-state index contributed by atoms with van der Waals surface area (Å²) >= 11 is 0. The number of likely N-dealkylation sites (tertiary alicyclic amines) is 2. The molecule has 0 atom stereocenters. The predicted molar refractivity (Wildman–Crippen MR) is 125 cm³/mol. The Morgan fingerprint density at radius 2 is 1.84 bits per heavy atom. The molecule has 0 aliphatic carbocycles. The SMILES string of the molecule is CN1CCC(Nc2nc(-c3ccc(F)nc3)nc3c2ccn3CCCN2CCCC2)CC1. The number of aryl methyl sites for hydroxylation is 1. The van der Waals surface area contributed by atoms with Gasteiger partial charge in [-0.3, -0.25) is 0 Å². The minimum atomic E-state index is -0.496. The van der Waals surface area contributed by atoms with Crippen LogP contribution < -0.4 is 5.32 Å². The first-order valence-electron chi connectivity index (χ1n) is 11.8. The number of hydrogen-bond donors (Lipinski definition) is 1. The smallest absolute Gasteiger partial charge is 0.212 e. The molecule has 0 aromatic carbocycles. The van der Waals surface area contributed by atoms with E-state index in [1.165, 1.54) is 38.2 Å². The molecule has 2 saturated heterocycles. The summed E-state index contributed by atoms with van der Waals surface area (Å²) in [7, 11) is 2.17. The lowest BCUT2D eigenvalue weighted by Crippen LogP contribution is -2.36. The molecule has 170 valence electrons. The van der Waals surface area contributed by atoms with Gasteiger partial charge in [-0.1, -0.05) is 0 Å². The number of piperidine rings is 1. The number of pyridine rings is 1. The van der Waals surface area contributed by atoms with Crippen LogP contribution in [0.15, 0.2) is 30.6 Å². The maximum Gasteiger partial charge on any atom is 0.212 e. The summed E-state index contributed by atoms with van der Waals surface area (Å²) in [5.41, 5.74) is 1.65. The van der Waals surface area contributed by atoms with E-state index in [0.717, 1.165) is 67.9 Å². The summed E-state index contributed by atoms with van der Waals surface area (Å²) in [6.45, 7) is 6.66. The number of fused-ring (bicyclic) bond motifs is 1. The van der Waals surface area contributed by atoms with Gasteiger partial charge in [0.1, 0.15) is 11.5 Å². The van der Waals surface area contributed by atoms with Crippen LogP contribution in [0.1, 0.15) is 32.1 Å². The average molecular weight is 438 g/mol. The highest BCUT2D eigenvalue weighted by molar-refractivity contribution is 5.89. The molecule has 5 rings (SSSR count). The third-order valence-electron chi connectivity index (χ3n) is 6.74. The Hall–Kier alpha value is -2.58. The van der Waals surface area contributed by atoms with Crippen molar-refractivity contribution >= 4 is 16.9 Å². The van der Waals surface area contributed by atoms with Crippen molar-refractivity contribution in [3.05, 3.63) is 36.5 Å². The number of hydrogen-bond acceptors (Lipinski definition) is 6. The highest BCUT2D eigenvalue weighted by atomic mass is 19.1. The normalized spacial score (nSPS) is 18.6. The van der Waals surface area contributed by atoms with Crippen LogP contribution in [0.2, 0.25) is 0 Å². The van der Waals surface area contributed by atoms with Crippen molar-refractivity contribution < 1.29 is 4.39 Å². The minimum absolute atomic E-state index is 0.391. The molecule has 3 aromatic rings. The fourth-order valence-electron chi connectivity index (χ4n) is 4.81. The topological polar surface area (TPSA) is 62.1 Å². The van der Waals surface area contributed by atoms with Crippen molar-refractivity contribution in [2.24, 2.45) is 0 Å². The van der Waals surface area contributed by atoms with E-state index in [9.17, 15) is 4.39 Å². The van der Waals surface area contributed by atoms with Gasteiger partial charge >= 0.3 is 0 Å². The molecule has 1 N–H and O–H groups in total. The van der Waals surface area contributed by atoms with Crippen LogP contribution in [0.3, 0.4) is 0 Å². The highest BCUT2D eigenvalue weighted by Crippen LogP contribution is 2.28. The molecule has 5 heterocycles. The lowest BCUT2D eigenvalue weighted by molar-refractivity contribution is 0.264. The second-order valence-corrected chi connectivity index (χ2v) is 9.14. The summed E-state index contributed by atoms with van der Waals surface area (Å²) in [5, 5.41) is 4.73. The maximum absolute atomic E-state index is 13.4. The Balaban J connectivity index is 1.43. The molecule has 8 heteroatoms. The van der Waals surface area contributed by atoms with Gasteiger partial charge in [-0.2, -0.15) is 4.39 Å². The minimum Gasteiger partial charge on any atom is -0.367 e. The first-order valence-corrected chi connectivity index (χ1v) is 11.8. The standard InChI is InChI=1S/C24H32FN7/c1-30-14-7-19(8-15-30)27-23-20-9-16-32(13-4-12-31-10-2-3-11-31)24(20)29-22(28-23)18-5-6-21(25)26-17-18/h5-6,9,16-17,19H,2-4,7-8,10-15H2,1H3,(H,27,28,29). The average Bonchev–Trinajstić information content (AvgIpc) is 3.46. The fourth-order valence-corrected chi connectivity index (χ4v) is 4.81. The van der Waals surface area contributed by atoms with Crippen LogP contribution in [0.25, 0.3) is 22.4 Å². The van der Waals surface area contributed by atoms with Gasteiger partial charge < -0.3 is 19.7 Å². The van der Waals surface area contributed by atoms with E-state index in [-0.39, 0.29) is 0 Å². The zero-order valence-electron chi connectivity index (χ0n) is 18.8. The Morgan fingerprint density at radius 3 is 2.59 bits per heavy atom. The van der Waals surface area contributed by atoms with E-state index >= 15 is 0 Å². The zero-order chi connectivity index (χ0) is 21.9. The Labute approximate surface area is 188 Å². The van der Waals surface area contributed by atoms with E-state index in [2.05, 4.69) is 44.0 Å². The number of nitrogens with one attached hydrogen (secondary N) is 1. The molecule has 0 unspecified atom stereocenters. The first kappa shape index (κ1) is 21.3. The van der Waals surface area contributed by atoms with Gasteiger partial charge in [-0.15, -0.1) is 0 Å². The zero-order valence-corrected chi connectivity index (χ0v) is 18.8. The number of rotatable bonds is 7. The summed E-state index contributed by atoms with van der Waals surface area (Å²) in [6, 6.07) is 5.57. The molecule has 3 aromatic heterocycles. The molecule has 0 amide bonds. The third kappa shape index (κ3) is 4.76. The third-order valence-corrected chi connectivity index (χ3v) is 6.74. The number of nitrogens with zero attached hydrogens (tertiary/aromatic N) is 6. The van der Waals surface area contributed by atoms with Gasteiger partial charge in [-0.25, -0.2) is 15.0 Å². The van der Waals surface area contributed by atoms with Crippen molar-refractivity contribution in [2.75, 3.05) is 45.1 Å². The summed E-state index contributed by atoms with van der Waals surface area (Å²) < 4.78 is 15.6. The van der Waals surface area contributed by atoms with Crippen molar-refractivity contribution in [3.63, 3.8) is 0 Å². The lowest BCUT2D eigenvalue weighted by Gasteiger charge is -2.30. The molecular formula is C24H32FN7. The fraction of sp³-hybridized carbons (Fsp3) is 0.542. The largest absolute Gasteiger partial charge is 0.367 e. The van der Waals surface area contributed by atoms with Gasteiger partial charge in [0.25, 0.3) is 0 Å². The first-order chi connectivity index (χ1) is 15.7. The Bertz CT molecular complexity index is 1030. The number of halogens is 1. The predicted octanol–water partition coefficient (Wildman–Crippen LogP) is 3.62. The Kier molecular flexibility index (Phi) is 6.32. The van der Waals surface area contributed by atoms with Crippen LogP contribution in [-0.2, 0) is 6.54 Å². The molecule has 7 nitrogen and oxygen atoms in total. The van der Waals surface area contributed by atoms with E-state index in [4.69, 9.17) is 9.97 Å². The van der Waals surface area contributed by atoms with Gasteiger partial charge in [0, 0.05) is 30.5 Å². The van der Waals surface area contributed by atoms with Crippen LogP contribution in [0, 0.1) is 5.95 Å². The van der Waals surface area contributed by atoms with Crippen molar-refractivity contribution in [1.29, 1.82) is 0 Å². The Morgan fingerprint density at radius 1 is 1.03 bits per heavy atom. The summed E-state index contributed by atoms with van der Waals surface area (Å²) in [5.74, 6) is 0.951. The molecule has 2 aliphatic rings. The van der Waals surface area contributed by atoms with Crippen LogP contribution in [0.4, 0.5) is 10.2 Å². The van der Waals surface area contributed by atoms with Gasteiger partial charge in [0.15, 0.2) is 5.82 Å². The number of anilines is 1. The second-order valence-electron chi connectivity index (χ2n) is 9.14. The second kappa shape index (κ2) is 9.50. The van der Waals surface area contributed by atoms with E-state index in [1.807, 2.05) is 0 Å². The van der Waals surface area contributed by atoms with Gasteiger partial charge in [0.05, 0.1) is 5.39 Å². The monoisotopic (exact) mass is 437 g/mol. The summed E-state index contributed by atoms with van der Waals surface area (Å²) in [4.78, 5) is 18.4.